The Morgan fingerprint density at radius 2 is 2.14 bits per heavy atom. The maximum absolute atomic E-state index is 13.4. The van der Waals surface area contributed by atoms with Crippen LogP contribution in [0.4, 0.5) is 8.78 Å². The first-order valence-electron chi connectivity index (χ1n) is 7.00. The number of aliphatic carboxylic acids is 1. The molecule has 120 valence electrons. The van der Waals surface area contributed by atoms with Crippen LogP contribution >= 0.6 is 0 Å². The van der Waals surface area contributed by atoms with Crippen LogP contribution in [-0.2, 0) is 9.59 Å². The first-order valence-corrected chi connectivity index (χ1v) is 7.00. The summed E-state index contributed by atoms with van der Waals surface area (Å²) < 4.78 is 31.3. The molecule has 1 aromatic rings. The van der Waals surface area contributed by atoms with E-state index in [1.807, 2.05) is 0 Å². The van der Waals surface area contributed by atoms with E-state index in [1.54, 1.807) is 6.92 Å². The molecule has 1 aliphatic heterocycles. The van der Waals surface area contributed by atoms with Gasteiger partial charge in [0.05, 0.1) is 5.92 Å². The zero-order valence-electron chi connectivity index (χ0n) is 12.1. The number of likely N-dealkylation sites (tertiary alicyclic amines) is 1. The van der Waals surface area contributed by atoms with Crippen LogP contribution in [0.1, 0.15) is 19.8 Å². The number of benzene rings is 1. The molecule has 0 radical (unpaired) electrons. The van der Waals surface area contributed by atoms with E-state index in [0.717, 1.165) is 12.1 Å². The zero-order chi connectivity index (χ0) is 16.3. The van der Waals surface area contributed by atoms with E-state index in [2.05, 4.69) is 0 Å². The fourth-order valence-electron chi connectivity index (χ4n) is 2.64. The topological polar surface area (TPSA) is 66.8 Å². The number of ether oxygens (including phenoxy) is 1. The van der Waals surface area contributed by atoms with E-state index in [1.165, 1.54) is 4.90 Å². The molecule has 1 amide bonds. The zero-order valence-corrected chi connectivity index (χ0v) is 12.1. The number of halogens is 2. The van der Waals surface area contributed by atoms with Gasteiger partial charge in [0.1, 0.15) is 5.82 Å². The third-order valence-corrected chi connectivity index (χ3v) is 3.87. The molecule has 0 saturated carbocycles. The molecule has 1 fully saturated rings. The van der Waals surface area contributed by atoms with Crippen LogP contribution in [0.3, 0.4) is 0 Å². The van der Waals surface area contributed by atoms with Crippen molar-refractivity contribution in [1.82, 2.24) is 4.90 Å². The first-order chi connectivity index (χ1) is 10.4. The molecule has 1 aliphatic rings. The summed E-state index contributed by atoms with van der Waals surface area (Å²) in [7, 11) is 0. The number of carboxylic acid groups (broad SMARTS) is 1. The summed E-state index contributed by atoms with van der Waals surface area (Å²) in [5, 5.41) is 9.12. The van der Waals surface area contributed by atoms with E-state index < -0.39 is 42.1 Å². The van der Waals surface area contributed by atoms with Gasteiger partial charge < -0.3 is 14.7 Å². The molecule has 0 unspecified atom stereocenters. The number of carboxylic acids is 1. The Balaban J connectivity index is 1.98. The van der Waals surface area contributed by atoms with Gasteiger partial charge in [-0.05, 0) is 31.9 Å². The molecule has 1 N–H and O–H groups in total. The Bertz CT molecular complexity index is 579. The van der Waals surface area contributed by atoms with Gasteiger partial charge in [0, 0.05) is 18.7 Å². The summed E-state index contributed by atoms with van der Waals surface area (Å²) in [5.74, 6) is -3.79. The molecular weight excluding hydrogens is 296 g/mol. The molecule has 2 rings (SSSR count). The molecule has 7 heteroatoms. The highest BCUT2D eigenvalue weighted by molar-refractivity contribution is 5.80. The van der Waals surface area contributed by atoms with Crippen LogP contribution in [0.5, 0.6) is 5.75 Å². The van der Waals surface area contributed by atoms with Crippen molar-refractivity contribution in [2.24, 2.45) is 5.92 Å². The highest BCUT2D eigenvalue weighted by Gasteiger charge is 2.35. The third-order valence-electron chi connectivity index (χ3n) is 3.87. The van der Waals surface area contributed by atoms with Gasteiger partial charge >= 0.3 is 5.97 Å². The molecule has 0 aliphatic carbocycles. The second kappa shape index (κ2) is 6.72. The monoisotopic (exact) mass is 313 g/mol. The van der Waals surface area contributed by atoms with Gasteiger partial charge in [-0.15, -0.1) is 0 Å². The molecule has 1 saturated heterocycles. The maximum atomic E-state index is 13.4. The molecule has 0 bridgehead atoms. The quantitative estimate of drug-likeness (QED) is 0.924. The average Bonchev–Trinajstić information content (AvgIpc) is 2.46. The van der Waals surface area contributed by atoms with Crippen LogP contribution in [0.25, 0.3) is 0 Å². The summed E-state index contributed by atoms with van der Waals surface area (Å²) >= 11 is 0. The van der Waals surface area contributed by atoms with Crippen LogP contribution in [0.15, 0.2) is 18.2 Å². The number of carbonyl (C=O) groups excluding carboxylic acids is 1. The van der Waals surface area contributed by atoms with Gasteiger partial charge in [0.2, 0.25) is 0 Å². The highest BCUT2D eigenvalue weighted by Crippen LogP contribution is 2.24. The van der Waals surface area contributed by atoms with Crippen molar-refractivity contribution in [2.75, 3.05) is 13.2 Å². The average molecular weight is 313 g/mol. The van der Waals surface area contributed by atoms with Crippen molar-refractivity contribution in [1.29, 1.82) is 0 Å². The van der Waals surface area contributed by atoms with Gasteiger partial charge in [-0.1, -0.05) is 0 Å². The lowest BCUT2D eigenvalue weighted by Crippen LogP contribution is -2.50. The largest absolute Gasteiger partial charge is 0.481 e. The molecule has 1 aromatic carbocycles. The van der Waals surface area contributed by atoms with Crippen molar-refractivity contribution in [3.05, 3.63) is 29.8 Å². The number of hydrogen-bond donors (Lipinski definition) is 1. The predicted octanol–water partition coefficient (Wildman–Crippen LogP) is 2.06. The van der Waals surface area contributed by atoms with Crippen molar-refractivity contribution in [3.8, 4) is 5.75 Å². The molecule has 22 heavy (non-hydrogen) atoms. The second-order valence-electron chi connectivity index (χ2n) is 5.28. The van der Waals surface area contributed by atoms with Crippen molar-refractivity contribution >= 4 is 11.9 Å². The summed E-state index contributed by atoms with van der Waals surface area (Å²) in [6.45, 7) is 1.70. The van der Waals surface area contributed by atoms with Crippen molar-refractivity contribution in [3.63, 3.8) is 0 Å². The summed E-state index contributed by atoms with van der Waals surface area (Å²) in [4.78, 5) is 24.7. The fraction of sp³-hybridized carbons (Fsp3) is 0.467. The number of hydrogen-bond acceptors (Lipinski definition) is 3. The van der Waals surface area contributed by atoms with Crippen molar-refractivity contribution in [2.45, 2.75) is 25.8 Å². The van der Waals surface area contributed by atoms with E-state index in [4.69, 9.17) is 9.84 Å². The van der Waals surface area contributed by atoms with E-state index in [0.29, 0.717) is 25.5 Å². The Morgan fingerprint density at radius 1 is 1.41 bits per heavy atom. The summed E-state index contributed by atoms with van der Waals surface area (Å²) in [5.41, 5.74) is 0. The van der Waals surface area contributed by atoms with E-state index in [-0.39, 0.29) is 5.75 Å². The molecule has 0 spiro atoms. The Hall–Kier alpha value is -2.18. The number of carbonyl (C=O) groups is 2. The van der Waals surface area contributed by atoms with Crippen LogP contribution in [0.2, 0.25) is 0 Å². The van der Waals surface area contributed by atoms with Crippen LogP contribution in [0, 0.1) is 17.6 Å². The SMILES string of the molecule is C[C@@H]1[C@H](C(=O)O)CCCN1C(=O)COc1ccc(F)cc1F. The minimum Gasteiger partial charge on any atom is -0.481 e. The Kier molecular flexibility index (Phi) is 4.95. The normalized spacial score (nSPS) is 21.5. The molecule has 2 atom stereocenters. The van der Waals surface area contributed by atoms with Gasteiger partial charge in [-0.25, -0.2) is 8.78 Å². The Morgan fingerprint density at radius 3 is 2.77 bits per heavy atom. The number of nitrogens with zero attached hydrogens (tertiary/aromatic N) is 1. The lowest BCUT2D eigenvalue weighted by molar-refractivity contribution is -0.149. The van der Waals surface area contributed by atoms with E-state index in [9.17, 15) is 18.4 Å². The number of amides is 1. The Labute approximate surface area is 126 Å². The predicted molar refractivity (Wildman–Crippen MR) is 73.4 cm³/mol. The number of rotatable bonds is 4. The minimum atomic E-state index is -0.935. The second-order valence-corrected chi connectivity index (χ2v) is 5.28. The lowest BCUT2D eigenvalue weighted by Gasteiger charge is -2.37. The molecule has 1 heterocycles. The maximum Gasteiger partial charge on any atom is 0.308 e. The van der Waals surface area contributed by atoms with Crippen molar-refractivity contribution < 1.29 is 28.2 Å². The van der Waals surface area contributed by atoms with E-state index >= 15 is 0 Å². The minimum absolute atomic E-state index is 0.214. The third kappa shape index (κ3) is 3.52. The molecule has 0 aromatic heterocycles. The summed E-state index contributed by atoms with van der Waals surface area (Å²) in [6, 6.07) is 2.37. The lowest BCUT2D eigenvalue weighted by atomic mass is 9.90. The van der Waals surface area contributed by atoms with Gasteiger partial charge in [-0.3, -0.25) is 9.59 Å². The first kappa shape index (κ1) is 16.2. The molecular formula is C15H17F2NO4. The van der Waals surface area contributed by atoms with Crippen LogP contribution in [-0.4, -0.2) is 41.1 Å². The molecule has 5 nitrogen and oxygen atoms in total. The van der Waals surface area contributed by atoms with Gasteiger partial charge in [0.15, 0.2) is 18.2 Å². The van der Waals surface area contributed by atoms with Gasteiger partial charge in [0.25, 0.3) is 5.91 Å². The standard InChI is InChI=1S/C15H17F2NO4/c1-9-11(15(20)21)3-2-6-18(9)14(19)8-22-13-5-4-10(16)7-12(13)17/h4-5,7,9,11H,2-3,6,8H2,1H3,(H,20,21)/t9-,11-/m1/s1. The van der Waals surface area contributed by atoms with Gasteiger partial charge in [-0.2, -0.15) is 0 Å². The van der Waals surface area contributed by atoms with Crippen LogP contribution < -0.4 is 4.74 Å². The fourth-order valence-corrected chi connectivity index (χ4v) is 2.64. The number of piperidine rings is 1. The highest BCUT2D eigenvalue weighted by atomic mass is 19.1. The summed E-state index contributed by atoms with van der Waals surface area (Å²) in [6.07, 6.45) is 1.12. The smallest absolute Gasteiger partial charge is 0.308 e.